The number of hydrogen-bond donors (Lipinski definition) is 1. The Balaban J connectivity index is 1.87. The van der Waals surface area contributed by atoms with E-state index in [2.05, 4.69) is 15.4 Å². The summed E-state index contributed by atoms with van der Waals surface area (Å²) >= 11 is 1.50. The monoisotopic (exact) mass is 366 g/mol. The third kappa shape index (κ3) is 2.60. The van der Waals surface area contributed by atoms with Crippen molar-refractivity contribution in [1.29, 1.82) is 0 Å². The summed E-state index contributed by atoms with van der Waals surface area (Å²) in [5.41, 5.74) is 3.82. The van der Waals surface area contributed by atoms with E-state index in [1.807, 2.05) is 23.6 Å². The molecule has 0 unspecified atom stereocenters. The summed E-state index contributed by atoms with van der Waals surface area (Å²) in [6.45, 7) is 1.60. The van der Waals surface area contributed by atoms with E-state index in [-0.39, 0.29) is 0 Å². The van der Waals surface area contributed by atoms with Crippen molar-refractivity contribution in [3.05, 3.63) is 47.4 Å². The second kappa shape index (κ2) is 6.23. The summed E-state index contributed by atoms with van der Waals surface area (Å²) in [6, 6.07) is 9.23. The number of hydrazine groups is 1. The molecule has 0 fully saturated rings. The number of anilines is 1. The Morgan fingerprint density at radius 2 is 2.00 bits per heavy atom. The standard InChI is InChI=1S/C18H14N4O3S/c1-10-9-14(23)22(18(10)24)21-16-11-5-3-6-12(25-2)15(11)19-17(20-16)13-7-4-8-26-13/h3-9H,1-2H3,(H,19,20,21). The summed E-state index contributed by atoms with van der Waals surface area (Å²) < 4.78 is 5.41. The normalized spacial score (nSPS) is 14.1. The molecule has 3 heterocycles. The number of para-hydroxylation sites is 1. The van der Waals surface area contributed by atoms with Crippen molar-refractivity contribution in [3.8, 4) is 16.5 Å². The number of rotatable bonds is 4. The Hall–Kier alpha value is -3.26. The van der Waals surface area contributed by atoms with E-state index in [1.54, 1.807) is 26.2 Å². The number of ether oxygens (including phenoxy) is 1. The Bertz CT molecular complexity index is 1060. The first-order valence-corrected chi connectivity index (χ1v) is 8.68. The number of nitrogens with one attached hydrogen (secondary N) is 1. The van der Waals surface area contributed by atoms with Crippen LogP contribution in [0.1, 0.15) is 6.92 Å². The largest absolute Gasteiger partial charge is 0.494 e. The lowest BCUT2D eigenvalue weighted by Gasteiger charge is -2.18. The third-order valence-electron chi connectivity index (χ3n) is 3.97. The van der Waals surface area contributed by atoms with Crippen molar-refractivity contribution in [2.75, 3.05) is 12.5 Å². The van der Waals surface area contributed by atoms with Crippen LogP contribution in [0.2, 0.25) is 0 Å². The highest BCUT2D eigenvalue weighted by Crippen LogP contribution is 2.32. The SMILES string of the molecule is COc1cccc2c(NN3C(=O)C=C(C)C3=O)nc(-c3cccs3)nc12. The van der Waals surface area contributed by atoms with Gasteiger partial charge in [0.15, 0.2) is 11.6 Å². The highest BCUT2D eigenvalue weighted by molar-refractivity contribution is 7.13. The minimum Gasteiger partial charge on any atom is -0.494 e. The Morgan fingerprint density at radius 1 is 1.15 bits per heavy atom. The van der Waals surface area contributed by atoms with Crippen molar-refractivity contribution >= 4 is 39.9 Å². The van der Waals surface area contributed by atoms with Crippen molar-refractivity contribution in [2.24, 2.45) is 0 Å². The van der Waals surface area contributed by atoms with Crippen molar-refractivity contribution in [1.82, 2.24) is 15.0 Å². The molecule has 1 aromatic carbocycles. The average molecular weight is 366 g/mol. The van der Waals surface area contributed by atoms with Gasteiger partial charge in [0.1, 0.15) is 11.3 Å². The van der Waals surface area contributed by atoms with Crippen molar-refractivity contribution < 1.29 is 14.3 Å². The van der Waals surface area contributed by atoms with Crippen LogP contribution in [0.5, 0.6) is 5.75 Å². The zero-order valence-electron chi connectivity index (χ0n) is 14.0. The molecule has 26 heavy (non-hydrogen) atoms. The van der Waals surface area contributed by atoms with E-state index in [4.69, 9.17) is 4.74 Å². The fourth-order valence-electron chi connectivity index (χ4n) is 2.69. The van der Waals surface area contributed by atoms with Gasteiger partial charge < -0.3 is 4.74 Å². The van der Waals surface area contributed by atoms with Crippen LogP contribution in [0.3, 0.4) is 0 Å². The van der Waals surface area contributed by atoms with Gasteiger partial charge >= 0.3 is 0 Å². The molecule has 0 bridgehead atoms. The number of carbonyl (C=O) groups excluding carboxylic acids is 2. The molecule has 1 aliphatic heterocycles. The summed E-state index contributed by atoms with van der Waals surface area (Å²) in [4.78, 5) is 34.3. The molecule has 0 saturated heterocycles. The number of imide groups is 1. The average Bonchev–Trinajstić information content (AvgIpc) is 3.26. The summed E-state index contributed by atoms with van der Waals surface area (Å²) in [7, 11) is 1.57. The molecule has 2 aromatic heterocycles. The van der Waals surface area contributed by atoms with Crippen molar-refractivity contribution in [2.45, 2.75) is 6.92 Å². The lowest BCUT2D eigenvalue weighted by molar-refractivity contribution is -0.135. The number of aromatic nitrogens is 2. The molecule has 3 aromatic rings. The van der Waals surface area contributed by atoms with E-state index in [1.165, 1.54) is 17.4 Å². The van der Waals surface area contributed by atoms with Crippen LogP contribution in [-0.4, -0.2) is 33.9 Å². The Kier molecular flexibility index (Phi) is 3.89. The van der Waals surface area contributed by atoms with Gasteiger partial charge in [-0.15, -0.1) is 11.3 Å². The van der Waals surface area contributed by atoms with E-state index in [9.17, 15) is 9.59 Å². The second-order valence-corrected chi connectivity index (χ2v) is 6.60. The van der Waals surface area contributed by atoms with E-state index in [0.717, 1.165) is 9.89 Å². The number of methoxy groups -OCH3 is 1. The van der Waals surface area contributed by atoms with Gasteiger partial charge in [-0.2, -0.15) is 5.01 Å². The first-order valence-electron chi connectivity index (χ1n) is 7.80. The topological polar surface area (TPSA) is 84.4 Å². The molecule has 1 aliphatic rings. The van der Waals surface area contributed by atoms with E-state index >= 15 is 0 Å². The van der Waals surface area contributed by atoms with Crippen LogP contribution in [0.15, 0.2) is 47.4 Å². The van der Waals surface area contributed by atoms with E-state index in [0.29, 0.717) is 33.9 Å². The van der Waals surface area contributed by atoms with Gasteiger partial charge in [0.05, 0.1) is 12.0 Å². The van der Waals surface area contributed by atoms with Crippen LogP contribution in [0.25, 0.3) is 21.6 Å². The number of fused-ring (bicyclic) bond motifs is 1. The van der Waals surface area contributed by atoms with Crippen LogP contribution in [0, 0.1) is 0 Å². The predicted molar refractivity (Wildman–Crippen MR) is 98.6 cm³/mol. The number of hydrogen-bond acceptors (Lipinski definition) is 7. The highest BCUT2D eigenvalue weighted by atomic mass is 32.1. The smallest absolute Gasteiger partial charge is 0.275 e. The van der Waals surface area contributed by atoms with Crippen molar-refractivity contribution in [3.63, 3.8) is 0 Å². The summed E-state index contributed by atoms with van der Waals surface area (Å²) in [5.74, 6) is 0.603. The minimum atomic E-state index is -0.431. The maximum Gasteiger partial charge on any atom is 0.275 e. The van der Waals surface area contributed by atoms with Gasteiger partial charge in [-0.3, -0.25) is 15.0 Å². The summed E-state index contributed by atoms with van der Waals surface area (Å²) in [6.07, 6.45) is 1.29. The quantitative estimate of drug-likeness (QED) is 0.715. The first-order chi connectivity index (χ1) is 12.6. The number of carbonyl (C=O) groups is 2. The zero-order valence-corrected chi connectivity index (χ0v) is 14.8. The molecular weight excluding hydrogens is 352 g/mol. The van der Waals surface area contributed by atoms with Crippen LogP contribution in [0.4, 0.5) is 5.82 Å². The molecule has 130 valence electrons. The van der Waals surface area contributed by atoms with Crippen LogP contribution < -0.4 is 10.2 Å². The van der Waals surface area contributed by atoms with Crippen LogP contribution >= 0.6 is 11.3 Å². The molecule has 2 amide bonds. The fraction of sp³-hybridized carbons (Fsp3) is 0.111. The number of benzene rings is 1. The van der Waals surface area contributed by atoms with Gasteiger partial charge in [0.2, 0.25) is 0 Å². The molecule has 0 atom stereocenters. The Labute approximate surface area is 152 Å². The maximum atomic E-state index is 12.2. The molecule has 0 aliphatic carbocycles. The highest BCUT2D eigenvalue weighted by Gasteiger charge is 2.29. The number of thiophene rings is 1. The molecule has 7 nitrogen and oxygen atoms in total. The van der Waals surface area contributed by atoms with Gasteiger partial charge in [0, 0.05) is 17.0 Å². The lowest BCUT2D eigenvalue weighted by atomic mass is 10.2. The summed E-state index contributed by atoms with van der Waals surface area (Å²) in [5, 5.41) is 3.53. The van der Waals surface area contributed by atoms with Gasteiger partial charge in [0.25, 0.3) is 11.8 Å². The van der Waals surface area contributed by atoms with Gasteiger partial charge in [-0.1, -0.05) is 12.1 Å². The van der Waals surface area contributed by atoms with Gasteiger partial charge in [-0.05, 0) is 30.5 Å². The van der Waals surface area contributed by atoms with Crippen LogP contribution in [-0.2, 0) is 9.59 Å². The first kappa shape index (κ1) is 16.2. The second-order valence-electron chi connectivity index (χ2n) is 5.65. The molecular formula is C18H14N4O3S. The van der Waals surface area contributed by atoms with Gasteiger partial charge in [-0.25, -0.2) is 9.97 Å². The molecule has 0 radical (unpaired) electrons. The third-order valence-corrected chi connectivity index (χ3v) is 4.84. The fourth-order valence-corrected chi connectivity index (χ4v) is 3.35. The predicted octanol–water partition coefficient (Wildman–Crippen LogP) is 3.01. The molecule has 0 saturated carbocycles. The number of nitrogens with zero attached hydrogens (tertiary/aromatic N) is 3. The van der Waals surface area contributed by atoms with E-state index < -0.39 is 11.8 Å². The molecule has 4 rings (SSSR count). The lowest BCUT2D eigenvalue weighted by Crippen LogP contribution is -2.36. The molecule has 0 spiro atoms. The maximum absolute atomic E-state index is 12.2. The number of amides is 2. The zero-order chi connectivity index (χ0) is 18.3. The molecule has 1 N–H and O–H groups in total. The molecule has 8 heteroatoms. The Morgan fingerprint density at radius 3 is 2.65 bits per heavy atom. The minimum absolute atomic E-state index is 0.363.